The van der Waals surface area contributed by atoms with Crippen LogP contribution in [0.5, 0.6) is 0 Å². The number of aryl methyl sites for hydroxylation is 1. The van der Waals surface area contributed by atoms with Crippen LogP contribution in [0.2, 0.25) is 0 Å². The van der Waals surface area contributed by atoms with Gasteiger partial charge < -0.3 is 10.6 Å². The van der Waals surface area contributed by atoms with Crippen LogP contribution < -0.4 is 10.6 Å². The van der Waals surface area contributed by atoms with Crippen molar-refractivity contribution < 1.29 is 0 Å². The zero-order valence-corrected chi connectivity index (χ0v) is 13.3. The maximum atomic E-state index is 6.13. The average Bonchev–Trinajstić information content (AvgIpc) is 2.47. The Kier molecular flexibility index (Phi) is 5.40. The molecule has 0 saturated heterocycles. The minimum atomic E-state index is 0.235. The SMILES string of the molecule is CCC(N)Cc1ccccc1N(C)Cc1cccc(C)c1. The number of nitrogens with two attached hydrogens (primary N) is 1. The number of para-hydroxylation sites is 1. The zero-order valence-electron chi connectivity index (χ0n) is 13.3. The van der Waals surface area contributed by atoms with Crippen LogP contribution in [-0.4, -0.2) is 13.1 Å². The molecule has 2 N–H and O–H groups in total. The molecule has 0 aliphatic carbocycles. The van der Waals surface area contributed by atoms with Crippen molar-refractivity contribution in [1.82, 2.24) is 0 Å². The molecule has 0 heterocycles. The van der Waals surface area contributed by atoms with Crippen LogP contribution in [-0.2, 0) is 13.0 Å². The monoisotopic (exact) mass is 282 g/mol. The minimum Gasteiger partial charge on any atom is -0.370 e. The topological polar surface area (TPSA) is 29.3 Å². The average molecular weight is 282 g/mol. The standard InChI is InChI=1S/C19H26N2/c1-4-18(20)13-17-10-5-6-11-19(17)21(3)14-16-9-7-8-15(2)12-16/h5-12,18H,4,13-14,20H2,1-3H3. The van der Waals surface area contributed by atoms with Gasteiger partial charge in [-0.05, 0) is 37.0 Å². The molecule has 1 unspecified atom stereocenters. The first kappa shape index (κ1) is 15.6. The van der Waals surface area contributed by atoms with E-state index in [0.29, 0.717) is 0 Å². The molecule has 0 aliphatic heterocycles. The Morgan fingerprint density at radius 1 is 1.10 bits per heavy atom. The molecule has 0 spiro atoms. The van der Waals surface area contributed by atoms with Gasteiger partial charge in [-0.15, -0.1) is 0 Å². The van der Waals surface area contributed by atoms with Gasteiger partial charge in [-0.3, -0.25) is 0 Å². The molecule has 112 valence electrons. The molecule has 0 amide bonds. The van der Waals surface area contributed by atoms with Crippen molar-refractivity contribution in [2.45, 2.75) is 39.3 Å². The Hall–Kier alpha value is -1.80. The molecule has 0 radical (unpaired) electrons. The number of hydrogen-bond acceptors (Lipinski definition) is 2. The number of anilines is 1. The molecule has 1 atom stereocenters. The van der Waals surface area contributed by atoms with Gasteiger partial charge in [0, 0.05) is 25.3 Å². The van der Waals surface area contributed by atoms with Crippen LogP contribution in [0.4, 0.5) is 5.69 Å². The van der Waals surface area contributed by atoms with Crippen LogP contribution >= 0.6 is 0 Å². The second kappa shape index (κ2) is 7.28. The number of rotatable bonds is 6. The van der Waals surface area contributed by atoms with Crippen LogP contribution in [0, 0.1) is 6.92 Å². The maximum Gasteiger partial charge on any atom is 0.0426 e. The molecule has 2 rings (SSSR count). The van der Waals surface area contributed by atoms with Crippen molar-refractivity contribution in [1.29, 1.82) is 0 Å². The fraction of sp³-hybridized carbons (Fsp3) is 0.368. The van der Waals surface area contributed by atoms with Crippen molar-refractivity contribution in [2.24, 2.45) is 5.73 Å². The summed E-state index contributed by atoms with van der Waals surface area (Å²) in [6, 6.07) is 17.5. The van der Waals surface area contributed by atoms with Gasteiger partial charge in [0.1, 0.15) is 0 Å². The van der Waals surface area contributed by atoms with Gasteiger partial charge >= 0.3 is 0 Å². The van der Waals surface area contributed by atoms with E-state index in [0.717, 1.165) is 19.4 Å². The lowest BCUT2D eigenvalue weighted by Gasteiger charge is -2.24. The van der Waals surface area contributed by atoms with Gasteiger partial charge in [0.25, 0.3) is 0 Å². The third kappa shape index (κ3) is 4.33. The summed E-state index contributed by atoms with van der Waals surface area (Å²) in [4.78, 5) is 2.31. The van der Waals surface area contributed by atoms with E-state index in [4.69, 9.17) is 5.73 Å². The van der Waals surface area contributed by atoms with E-state index in [2.05, 4.69) is 74.3 Å². The smallest absolute Gasteiger partial charge is 0.0426 e. The Morgan fingerprint density at radius 3 is 2.57 bits per heavy atom. The summed E-state index contributed by atoms with van der Waals surface area (Å²) in [5.74, 6) is 0. The molecular formula is C19H26N2. The predicted molar refractivity (Wildman–Crippen MR) is 91.7 cm³/mol. The molecule has 0 saturated carbocycles. The normalized spacial score (nSPS) is 12.2. The van der Waals surface area contributed by atoms with E-state index in [-0.39, 0.29) is 6.04 Å². The molecular weight excluding hydrogens is 256 g/mol. The van der Waals surface area contributed by atoms with Gasteiger partial charge in [0.05, 0.1) is 0 Å². The summed E-state index contributed by atoms with van der Waals surface area (Å²) in [5, 5.41) is 0. The Balaban J connectivity index is 2.17. The summed E-state index contributed by atoms with van der Waals surface area (Å²) >= 11 is 0. The zero-order chi connectivity index (χ0) is 15.2. The third-order valence-electron chi connectivity index (χ3n) is 3.91. The molecule has 21 heavy (non-hydrogen) atoms. The van der Waals surface area contributed by atoms with Crippen molar-refractivity contribution in [3.63, 3.8) is 0 Å². The molecule has 0 aliphatic rings. The van der Waals surface area contributed by atoms with Crippen LogP contribution in [0.15, 0.2) is 48.5 Å². The van der Waals surface area contributed by atoms with Crippen molar-refractivity contribution in [3.05, 3.63) is 65.2 Å². The summed E-state index contributed by atoms with van der Waals surface area (Å²) in [6.07, 6.45) is 1.95. The van der Waals surface area contributed by atoms with E-state index < -0.39 is 0 Å². The van der Waals surface area contributed by atoms with E-state index >= 15 is 0 Å². The summed E-state index contributed by atoms with van der Waals surface area (Å²) in [7, 11) is 2.15. The number of hydrogen-bond donors (Lipinski definition) is 1. The van der Waals surface area contributed by atoms with E-state index in [1.54, 1.807) is 0 Å². The lowest BCUT2D eigenvalue weighted by Crippen LogP contribution is -2.24. The third-order valence-corrected chi connectivity index (χ3v) is 3.91. The van der Waals surface area contributed by atoms with Gasteiger partial charge in [-0.25, -0.2) is 0 Å². The molecule has 0 bridgehead atoms. The minimum absolute atomic E-state index is 0.235. The fourth-order valence-electron chi connectivity index (χ4n) is 2.65. The van der Waals surface area contributed by atoms with Crippen molar-refractivity contribution >= 4 is 5.69 Å². The number of benzene rings is 2. The van der Waals surface area contributed by atoms with Gasteiger partial charge in [0.2, 0.25) is 0 Å². The fourth-order valence-corrected chi connectivity index (χ4v) is 2.65. The Morgan fingerprint density at radius 2 is 1.86 bits per heavy atom. The van der Waals surface area contributed by atoms with E-state index in [1.165, 1.54) is 22.4 Å². The van der Waals surface area contributed by atoms with E-state index in [9.17, 15) is 0 Å². The van der Waals surface area contributed by atoms with Crippen LogP contribution in [0.25, 0.3) is 0 Å². The highest BCUT2D eigenvalue weighted by molar-refractivity contribution is 5.53. The highest BCUT2D eigenvalue weighted by Crippen LogP contribution is 2.22. The van der Waals surface area contributed by atoms with Crippen molar-refractivity contribution in [3.8, 4) is 0 Å². The highest BCUT2D eigenvalue weighted by Gasteiger charge is 2.10. The van der Waals surface area contributed by atoms with Gasteiger partial charge in [-0.1, -0.05) is 55.0 Å². The highest BCUT2D eigenvalue weighted by atomic mass is 15.1. The maximum absolute atomic E-state index is 6.13. The van der Waals surface area contributed by atoms with Gasteiger partial charge in [0.15, 0.2) is 0 Å². The molecule has 2 aromatic rings. The first-order chi connectivity index (χ1) is 10.1. The molecule has 0 aromatic heterocycles. The largest absolute Gasteiger partial charge is 0.370 e. The van der Waals surface area contributed by atoms with Crippen LogP contribution in [0.1, 0.15) is 30.0 Å². The summed E-state index contributed by atoms with van der Waals surface area (Å²) < 4.78 is 0. The lowest BCUT2D eigenvalue weighted by atomic mass is 10.0. The second-order valence-corrected chi connectivity index (χ2v) is 5.85. The van der Waals surface area contributed by atoms with E-state index in [1.807, 2.05) is 0 Å². The molecule has 2 nitrogen and oxygen atoms in total. The van der Waals surface area contributed by atoms with Gasteiger partial charge in [-0.2, -0.15) is 0 Å². The first-order valence-corrected chi connectivity index (χ1v) is 7.70. The Labute approximate surface area is 128 Å². The second-order valence-electron chi connectivity index (χ2n) is 5.85. The summed E-state index contributed by atoms with van der Waals surface area (Å²) in [5.41, 5.74) is 11.4. The molecule has 2 heteroatoms. The first-order valence-electron chi connectivity index (χ1n) is 7.70. The lowest BCUT2D eigenvalue weighted by molar-refractivity contribution is 0.645. The van der Waals surface area contributed by atoms with Crippen LogP contribution in [0.3, 0.4) is 0 Å². The number of nitrogens with zero attached hydrogens (tertiary/aromatic N) is 1. The predicted octanol–water partition coefficient (Wildman–Crippen LogP) is 3.91. The molecule has 0 fully saturated rings. The van der Waals surface area contributed by atoms with Crippen molar-refractivity contribution in [2.75, 3.05) is 11.9 Å². The molecule has 2 aromatic carbocycles. The summed E-state index contributed by atoms with van der Waals surface area (Å²) in [6.45, 7) is 5.20. The Bertz CT molecular complexity index is 577. The quantitative estimate of drug-likeness (QED) is 0.870.